The molecule has 0 aliphatic heterocycles. The lowest BCUT2D eigenvalue weighted by Gasteiger charge is -2.21. The molecule has 1 N–H and O–H groups in total. The number of carbonyl (C=O) groups is 2. The summed E-state index contributed by atoms with van der Waals surface area (Å²) in [6.45, 7) is 9.86. The third-order valence-corrected chi connectivity index (χ3v) is 5.96. The Balaban J connectivity index is 1.69. The van der Waals surface area contributed by atoms with Crippen LogP contribution in [0.1, 0.15) is 48.7 Å². The van der Waals surface area contributed by atoms with Gasteiger partial charge in [0.1, 0.15) is 23.8 Å². The van der Waals surface area contributed by atoms with Gasteiger partial charge in [-0.05, 0) is 58.9 Å². The Hall–Kier alpha value is -4.14. The van der Waals surface area contributed by atoms with E-state index in [1.165, 1.54) is 4.90 Å². The second-order valence-corrected chi connectivity index (χ2v) is 8.90. The van der Waals surface area contributed by atoms with E-state index in [1.807, 2.05) is 40.7 Å². The van der Waals surface area contributed by atoms with E-state index < -0.39 is 0 Å². The zero-order valence-electron chi connectivity index (χ0n) is 21.5. The molecule has 0 unspecified atom stereocenters. The number of aromatic nitrogens is 3. The lowest BCUT2D eigenvalue weighted by atomic mass is 10.1. The van der Waals surface area contributed by atoms with Crippen LogP contribution in [0.3, 0.4) is 0 Å². The maximum absolute atomic E-state index is 13.8. The number of amides is 2. The number of ether oxygens (including phenoxy) is 1. The Morgan fingerprint density at radius 3 is 2.61 bits per heavy atom. The standard InChI is InChI=1S/C27H31N5O4/c1-7-31(15-25(33)29-19-9-8-10-20(12-19)35-6)27(34)22-13-24(21-11-17(4)36-18(21)5)30-26-23(22)14-28-32(26)16(2)3/h8-14,16H,7,15H2,1-6H3,(H,29,33). The van der Waals surface area contributed by atoms with E-state index in [9.17, 15) is 9.59 Å². The number of fused-ring (bicyclic) bond motifs is 1. The zero-order chi connectivity index (χ0) is 26.0. The van der Waals surface area contributed by atoms with Crippen molar-refractivity contribution in [2.75, 3.05) is 25.5 Å². The molecule has 0 bridgehead atoms. The second-order valence-electron chi connectivity index (χ2n) is 8.90. The topological polar surface area (TPSA) is 102 Å². The predicted molar refractivity (Wildman–Crippen MR) is 138 cm³/mol. The van der Waals surface area contributed by atoms with Crippen LogP contribution in [0.5, 0.6) is 5.75 Å². The fourth-order valence-electron chi connectivity index (χ4n) is 4.17. The van der Waals surface area contributed by atoms with Crippen molar-refractivity contribution in [1.29, 1.82) is 0 Å². The van der Waals surface area contributed by atoms with Gasteiger partial charge in [0.25, 0.3) is 5.91 Å². The molecule has 4 rings (SSSR count). The molecule has 9 nitrogen and oxygen atoms in total. The monoisotopic (exact) mass is 489 g/mol. The maximum atomic E-state index is 13.8. The highest BCUT2D eigenvalue weighted by Crippen LogP contribution is 2.30. The smallest absolute Gasteiger partial charge is 0.255 e. The fraction of sp³-hybridized carbons (Fsp3) is 0.333. The molecule has 0 aliphatic rings. The summed E-state index contributed by atoms with van der Waals surface area (Å²) in [5, 5.41) is 7.97. The molecule has 0 spiro atoms. The highest BCUT2D eigenvalue weighted by molar-refractivity contribution is 6.08. The molecular weight excluding hydrogens is 458 g/mol. The molecule has 0 saturated heterocycles. The minimum absolute atomic E-state index is 0.0521. The van der Waals surface area contributed by atoms with Gasteiger partial charge in [-0.3, -0.25) is 9.59 Å². The molecule has 2 amide bonds. The molecular formula is C27H31N5O4. The summed E-state index contributed by atoms with van der Waals surface area (Å²) >= 11 is 0. The lowest BCUT2D eigenvalue weighted by Crippen LogP contribution is -2.38. The molecule has 36 heavy (non-hydrogen) atoms. The number of methoxy groups -OCH3 is 1. The molecule has 0 saturated carbocycles. The van der Waals surface area contributed by atoms with E-state index in [0.29, 0.717) is 40.3 Å². The number of pyridine rings is 1. The SMILES string of the molecule is CCN(CC(=O)Nc1cccc(OC)c1)C(=O)c1cc(-c2cc(C)oc2C)nc2c1cnn2C(C)C. The van der Waals surface area contributed by atoms with Crippen molar-refractivity contribution in [1.82, 2.24) is 19.7 Å². The minimum atomic E-state index is -0.303. The molecule has 0 radical (unpaired) electrons. The van der Waals surface area contributed by atoms with Crippen molar-refractivity contribution < 1.29 is 18.7 Å². The summed E-state index contributed by atoms with van der Waals surface area (Å²) in [6, 6.07) is 10.8. The molecule has 4 aromatic rings. The largest absolute Gasteiger partial charge is 0.497 e. The van der Waals surface area contributed by atoms with Gasteiger partial charge in [0.05, 0.1) is 30.0 Å². The molecule has 1 aromatic carbocycles. The van der Waals surface area contributed by atoms with Crippen LogP contribution in [0.15, 0.2) is 47.0 Å². The van der Waals surface area contributed by atoms with Crippen molar-refractivity contribution in [3.8, 4) is 17.0 Å². The third-order valence-electron chi connectivity index (χ3n) is 5.96. The zero-order valence-corrected chi connectivity index (χ0v) is 21.5. The van der Waals surface area contributed by atoms with Gasteiger partial charge in [0.15, 0.2) is 5.65 Å². The first-order valence-corrected chi connectivity index (χ1v) is 11.9. The maximum Gasteiger partial charge on any atom is 0.255 e. The Kier molecular flexibility index (Phi) is 7.10. The third kappa shape index (κ3) is 4.95. The van der Waals surface area contributed by atoms with E-state index in [0.717, 1.165) is 17.1 Å². The number of likely N-dealkylation sites (N-methyl/N-ethyl adjacent to an activating group) is 1. The van der Waals surface area contributed by atoms with E-state index >= 15 is 0 Å². The number of nitrogens with one attached hydrogen (secondary N) is 1. The molecule has 0 fully saturated rings. The van der Waals surface area contributed by atoms with Gasteiger partial charge in [-0.15, -0.1) is 0 Å². The van der Waals surface area contributed by atoms with Crippen LogP contribution in [0.4, 0.5) is 5.69 Å². The Labute approximate surface area is 210 Å². The Morgan fingerprint density at radius 1 is 1.19 bits per heavy atom. The minimum Gasteiger partial charge on any atom is -0.497 e. The number of aryl methyl sites for hydroxylation is 2. The van der Waals surface area contributed by atoms with E-state index in [2.05, 4.69) is 10.4 Å². The van der Waals surface area contributed by atoms with Gasteiger partial charge in [-0.2, -0.15) is 5.10 Å². The van der Waals surface area contributed by atoms with Crippen LogP contribution in [0.25, 0.3) is 22.3 Å². The Bertz CT molecular complexity index is 1420. The average molecular weight is 490 g/mol. The van der Waals surface area contributed by atoms with Gasteiger partial charge < -0.3 is 19.4 Å². The summed E-state index contributed by atoms with van der Waals surface area (Å²) in [7, 11) is 1.57. The van der Waals surface area contributed by atoms with E-state index in [4.69, 9.17) is 14.1 Å². The predicted octanol–water partition coefficient (Wildman–Crippen LogP) is 5.00. The van der Waals surface area contributed by atoms with Crippen LogP contribution in [0.2, 0.25) is 0 Å². The molecule has 0 atom stereocenters. The van der Waals surface area contributed by atoms with Crippen molar-refractivity contribution in [2.24, 2.45) is 0 Å². The first-order valence-electron chi connectivity index (χ1n) is 11.9. The van der Waals surface area contributed by atoms with Gasteiger partial charge >= 0.3 is 0 Å². The number of carbonyl (C=O) groups excluding carboxylic acids is 2. The van der Waals surface area contributed by atoms with Crippen molar-refractivity contribution in [2.45, 2.75) is 40.7 Å². The van der Waals surface area contributed by atoms with Crippen molar-refractivity contribution >= 4 is 28.5 Å². The number of hydrogen-bond acceptors (Lipinski definition) is 6. The first-order chi connectivity index (χ1) is 17.2. The van der Waals surface area contributed by atoms with Crippen LogP contribution in [-0.4, -0.2) is 51.7 Å². The molecule has 0 aliphatic carbocycles. The van der Waals surface area contributed by atoms with Crippen LogP contribution >= 0.6 is 0 Å². The molecule has 3 heterocycles. The molecule has 188 valence electrons. The number of benzene rings is 1. The van der Waals surface area contributed by atoms with E-state index in [1.54, 1.807) is 48.3 Å². The highest BCUT2D eigenvalue weighted by Gasteiger charge is 2.24. The average Bonchev–Trinajstić information content (AvgIpc) is 3.43. The Morgan fingerprint density at radius 2 is 1.97 bits per heavy atom. The lowest BCUT2D eigenvalue weighted by molar-refractivity contribution is -0.116. The summed E-state index contributed by atoms with van der Waals surface area (Å²) < 4.78 is 12.7. The van der Waals surface area contributed by atoms with E-state index in [-0.39, 0.29) is 24.4 Å². The van der Waals surface area contributed by atoms with Crippen LogP contribution < -0.4 is 10.1 Å². The van der Waals surface area contributed by atoms with Crippen molar-refractivity contribution in [3.63, 3.8) is 0 Å². The quantitative estimate of drug-likeness (QED) is 0.374. The van der Waals surface area contributed by atoms with Gasteiger partial charge in [-0.1, -0.05) is 6.07 Å². The normalized spacial score (nSPS) is 11.2. The number of nitrogens with zero attached hydrogens (tertiary/aromatic N) is 4. The molecule has 3 aromatic heterocycles. The molecule has 9 heteroatoms. The summed E-state index contributed by atoms with van der Waals surface area (Å²) in [6.07, 6.45) is 1.66. The number of rotatable bonds is 8. The number of furan rings is 1. The fourth-order valence-corrected chi connectivity index (χ4v) is 4.17. The number of anilines is 1. The van der Waals surface area contributed by atoms with Gasteiger partial charge in [0.2, 0.25) is 5.91 Å². The second kappa shape index (κ2) is 10.2. The van der Waals surface area contributed by atoms with Crippen LogP contribution in [-0.2, 0) is 4.79 Å². The first kappa shape index (κ1) is 25.0. The summed E-state index contributed by atoms with van der Waals surface area (Å²) in [4.78, 5) is 32.9. The highest BCUT2D eigenvalue weighted by atomic mass is 16.5. The summed E-state index contributed by atoms with van der Waals surface area (Å²) in [5.74, 6) is 1.54. The summed E-state index contributed by atoms with van der Waals surface area (Å²) in [5.41, 5.74) is 3.09. The van der Waals surface area contributed by atoms with Crippen LogP contribution in [0, 0.1) is 13.8 Å². The van der Waals surface area contributed by atoms with Gasteiger partial charge in [-0.25, -0.2) is 9.67 Å². The van der Waals surface area contributed by atoms with Crippen molar-refractivity contribution in [3.05, 3.63) is 59.7 Å². The van der Waals surface area contributed by atoms with Gasteiger partial charge in [0, 0.05) is 29.9 Å². The number of hydrogen-bond donors (Lipinski definition) is 1.